The first-order chi connectivity index (χ1) is 13.2. The fourth-order valence-corrected chi connectivity index (χ4v) is 2.59. The van der Waals surface area contributed by atoms with Gasteiger partial charge in [-0.25, -0.2) is 0 Å². The Hall–Kier alpha value is -3.40. The number of benzene rings is 3. The van der Waals surface area contributed by atoms with E-state index in [1.807, 2.05) is 42.5 Å². The fourth-order valence-electron chi connectivity index (χ4n) is 2.59. The second-order valence-electron chi connectivity index (χ2n) is 6.11. The largest absolute Gasteiger partial charge is 0.485 e. The summed E-state index contributed by atoms with van der Waals surface area (Å²) in [6, 6.07) is 23.5. The van der Waals surface area contributed by atoms with Crippen LogP contribution < -0.4 is 10.1 Å². The van der Waals surface area contributed by atoms with Gasteiger partial charge in [0.05, 0.1) is 0 Å². The average molecular weight is 359 g/mol. The second kappa shape index (κ2) is 8.81. The first-order valence-electron chi connectivity index (χ1n) is 8.87. The molecule has 0 radical (unpaired) electrons. The van der Waals surface area contributed by atoms with Gasteiger partial charge in [0, 0.05) is 16.8 Å². The average Bonchev–Trinajstić information content (AvgIpc) is 2.73. The van der Waals surface area contributed by atoms with Crippen molar-refractivity contribution in [1.29, 1.82) is 0 Å². The molecule has 3 aromatic rings. The smallest absolute Gasteiger partial charge is 0.255 e. The molecule has 1 amide bonds. The molecule has 0 aliphatic rings. The van der Waals surface area contributed by atoms with Crippen LogP contribution in [0.2, 0.25) is 0 Å². The highest BCUT2D eigenvalue weighted by molar-refractivity contribution is 6.04. The van der Waals surface area contributed by atoms with E-state index in [1.54, 1.807) is 36.4 Å². The molecule has 4 nitrogen and oxygen atoms in total. The van der Waals surface area contributed by atoms with Crippen LogP contribution in [-0.4, -0.2) is 18.3 Å². The van der Waals surface area contributed by atoms with Crippen LogP contribution in [0, 0.1) is 0 Å². The topological polar surface area (TPSA) is 55.4 Å². The second-order valence-corrected chi connectivity index (χ2v) is 6.11. The number of ether oxygens (including phenoxy) is 1. The number of carbonyl (C=O) groups excluding carboxylic acids is 2. The Kier molecular flexibility index (Phi) is 6.00. The van der Waals surface area contributed by atoms with Gasteiger partial charge in [0.2, 0.25) is 0 Å². The van der Waals surface area contributed by atoms with E-state index in [0.717, 1.165) is 6.42 Å². The molecule has 0 aromatic heterocycles. The third-order valence-electron chi connectivity index (χ3n) is 4.20. The number of anilines is 1. The maximum Gasteiger partial charge on any atom is 0.255 e. The standard InChI is InChI=1S/C23H21NO3/c1-2-17-8-10-18(11-9-17)22(25)16-27-21-14-12-20(13-15-21)24-23(26)19-6-4-3-5-7-19/h3-15H,2,16H2,1H3,(H,24,26). The molecule has 0 aliphatic heterocycles. The van der Waals surface area contributed by atoms with Gasteiger partial charge < -0.3 is 10.1 Å². The van der Waals surface area contributed by atoms with Crippen molar-refractivity contribution in [3.05, 3.63) is 95.6 Å². The van der Waals surface area contributed by atoms with Crippen LogP contribution in [0.1, 0.15) is 33.2 Å². The lowest BCUT2D eigenvalue weighted by Gasteiger charge is -2.08. The Balaban J connectivity index is 1.54. The molecule has 0 fully saturated rings. The summed E-state index contributed by atoms with van der Waals surface area (Å²) in [6.45, 7) is 2.05. The van der Waals surface area contributed by atoms with Gasteiger partial charge in [-0.15, -0.1) is 0 Å². The van der Waals surface area contributed by atoms with Crippen LogP contribution >= 0.6 is 0 Å². The summed E-state index contributed by atoms with van der Waals surface area (Å²) in [7, 11) is 0. The van der Waals surface area contributed by atoms with Crippen LogP contribution in [0.25, 0.3) is 0 Å². The maximum absolute atomic E-state index is 12.2. The Morgan fingerprint density at radius 3 is 2.11 bits per heavy atom. The summed E-state index contributed by atoms with van der Waals surface area (Å²) in [5.74, 6) is 0.334. The SMILES string of the molecule is CCc1ccc(C(=O)COc2ccc(NC(=O)c3ccccc3)cc2)cc1. The number of carbonyl (C=O) groups is 2. The summed E-state index contributed by atoms with van der Waals surface area (Å²) in [4.78, 5) is 24.3. The molecule has 0 saturated heterocycles. The summed E-state index contributed by atoms with van der Waals surface area (Å²) in [6.07, 6.45) is 0.943. The van der Waals surface area contributed by atoms with Crippen molar-refractivity contribution in [2.45, 2.75) is 13.3 Å². The molecular weight excluding hydrogens is 338 g/mol. The zero-order valence-corrected chi connectivity index (χ0v) is 15.1. The predicted molar refractivity (Wildman–Crippen MR) is 106 cm³/mol. The Labute approximate surface area is 158 Å². The van der Waals surface area contributed by atoms with Crippen LogP contribution in [0.15, 0.2) is 78.9 Å². The van der Waals surface area contributed by atoms with Gasteiger partial charge in [0.25, 0.3) is 5.91 Å². The van der Waals surface area contributed by atoms with E-state index >= 15 is 0 Å². The van der Waals surface area contributed by atoms with Crippen LogP contribution in [0.3, 0.4) is 0 Å². The third kappa shape index (κ3) is 5.05. The van der Waals surface area contributed by atoms with Crippen LogP contribution in [0.4, 0.5) is 5.69 Å². The highest BCUT2D eigenvalue weighted by Crippen LogP contribution is 2.17. The van der Waals surface area contributed by atoms with Crippen molar-refractivity contribution in [2.24, 2.45) is 0 Å². The van der Waals surface area contributed by atoms with Crippen molar-refractivity contribution < 1.29 is 14.3 Å². The molecule has 27 heavy (non-hydrogen) atoms. The van der Waals surface area contributed by atoms with Gasteiger partial charge in [-0.1, -0.05) is 49.4 Å². The quantitative estimate of drug-likeness (QED) is 0.619. The third-order valence-corrected chi connectivity index (χ3v) is 4.20. The predicted octanol–water partition coefficient (Wildman–Crippen LogP) is 4.76. The summed E-state index contributed by atoms with van der Waals surface area (Å²) < 4.78 is 5.56. The molecule has 0 spiro atoms. The Bertz CT molecular complexity index is 901. The van der Waals surface area contributed by atoms with E-state index in [2.05, 4.69) is 12.2 Å². The summed E-state index contributed by atoms with van der Waals surface area (Å²) in [5, 5.41) is 2.83. The van der Waals surface area contributed by atoms with E-state index in [-0.39, 0.29) is 18.3 Å². The lowest BCUT2D eigenvalue weighted by Crippen LogP contribution is -2.12. The zero-order chi connectivity index (χ0) is 19.1. The zero-order valence-electron chi connectivity index (χ0n) is 15.1. The number of amides is 1. The molecule has 3 rings (SSSR count). The van der Waals surface area contributed by atoms with Crippen molar-refractivity contribution in [3.8, 4) is 5.75 Å². The lowest BCUT2D eigenvalue weighted by molar-refractivity contribution is 0.0921. The van der Waals surface area contributed by atoms with E-state index in [9.17, 15) is 9.59 Å². The number of nitrogens with one attached hydrogen (secondary N) is 1. The van der Waals surface area contributed by atoms with Gasteiger partial charge in [0.15, 0.2) is 12.4 Å². The minimum atomic E-state index is -0.171. The molecule has 0 aliphatic carbocycles. The molecule has 0 heterocycles. The fraction of sp³-hybridized carbons (Fsp3) is 0.130. The summed E-state index contributed by atoms with van der Waals surface area (Å²) in [5.41, 5.74) is 3.09. The van der Waals surface area contributed by atoms with Gasteiger partial charge in [-0.2, -0.15) is 0 Å². The first-order valence-corrected chi connectivity index (χ1v) is 8.87. The van der Waals surface area contributed by atoms with Crippen molar-refractivity contribution in [2.75, 3.05) is 11.9 Å². The van der Waals surface area contributed by atoms with Crippen molar-refractivity contribution in [3.63, 3.8) is 0 Å². The van der Waals surface area contributed by atoms with Gasteiger partial charge in [-0.05, 0) is 48.4 Å². The number of aryl methyl sites for hydroxylation is 1. The molecule has 1 N–H and O–H groups in total. The van der Waals surface area contributed by atoms with Gasteiger partial charge in [0.1, 0.15) is 5.75 Å². The van der Waals surface area contributed by atoms with E-state index < -0.39 is 0 Å². The van der Waals surface area contributed by atoms with E-state index in [4.69, 9.17) is 4.74 Å². The minimum Gasteiger partial charge on any atom is -0.485 e. The van der Waals surface area contributed by atoms with Gasteiger partial charge in [-0.3, -0.25) is 9.59 Å². The van der Waals surface area contributed by atoms with Crippen LogP contribution in [-0.2, 0) is 6.42 Å². The molecule has 3 aromatic carbocycles. The van der Waals surface area contributed by atoms with E-state index in [1.165, 1.54) is 5.56 Å². The van der Waals surface area contributed by atoms with Crippen molar-refractivity contribution in [1.82, 2.24) is 0 Å². The molecule has 0 saturated carbocycles. The molecule has 0 bridgehead atoms. The number of hydrogen-bond donors (Lipinski definition) is 1. The highest BCUT2D eigenvalue weighted by atomic mass is 16.5. The lowest BCUT2D eigenvalue weighted by atomic mass is 10.1. The maximum atomic E-state index is 12.2. The monoisotopic (exact) mass is 359 g/mol. The number of rotatable bonds is 7. The minimum absolute atomic E-state index is 0.0266. The Morgan fingerprint density at radius 1 is 0.815 bits per heavy atom. The first kappa shape index (κ1) is 18.4. The van der Waals surface area contributed by atoms with Crippen LogP contribution in [0.5, 0.6) is 5.75 Å². The van der Waals surface area contributed by atoms with Gasteiger partial charge >= 0.3 is 0 Å². The number of ketones is 1. The molecule has 0 atom stereocenters. The summed E-state index contributed by atoms with van der Waals surface area (Å²) >= 11 is 0. The number of hydrogen-bond acceptors (Lipinski definition) is 3. The van der Waals surface area contributed by atoms with Crippen molar-refractivity contribution >= 4 is 17.4 Å². The highest BCUT2D eigenvalue weighted by Gasteiger charge is 2.08. The molecule has 4 heteroatoms. The normalized spacial score (nSPS) is 10.3. The number of Topliss-reactive ketones (excluding diaryl/α,β-unsaturated/α-hetero) is 1. The van der Waals surface area contributed by atoms with E-state index in [0.29, 0.717) is 22.6 Å². The molecule has 136 valence electrons. The molecular formula is C23H21NO3. The molecule has 0 unspecified atom stereocenters. The Morgan fingerprint density at radius 2 is 1.48 bits per heavy atom.